The van der Waals surface area contributed by atoms with E-state index in [1.165, 1.54) is 17.0 Å². The number of aryl methyl sites for hydroxylation is 1. The van der Waals surface area contributed by atoms with Crippen LogP contribution < -0.4 is 4.90 Å². The van der Waals surface area contributed by atoms with Gasteiger partial charge in [-0.3, -0.25) is 9.59 Å². The molecule has 2 aliphatic heterocycles. The van der Waals surface area contributed by atoms with E-state index < -0.39 is 23.2 Å². The second kappa shape index (κ2) is 11.3. The molecule has 212 valence electrons. The van der Waals surface area contributed by atoms with Crippen LogP contribution in [-0.2, 0) is 16.8 Å². The monoisotopic (exact) mass is 566 g/mol. The molecule has 39 heavy (non-hydrogen) atoms. The van der Waals surface area contributed by atoms with Crippen molar-refractivity contribution in [2.75, 3.05) is 45.2 Å². The lowest BCUT2D eigenvalue weighted by molar-refractivity contribution is -0.264. The van der Waals surface area contributed by atoms with Crippen molar-refractivity contribution in [3.63, 3.8) is 0 Å². The lowest BCUT2D eigenvalue weighted by Gasteiger charge is -2.45. The van der Waals surface area contributed by atoms with Gasteiger partial charge in [-0.2, -0.15) is 13.2 Å². The Morgan fingerprint density at radius 2 is 1.77 bits per heavy atom. The maximum atomic E-state index is 14.0. The third-order valence-electron chi connectivity index (χ3n) is 7.79. The molecule has 0 spiro atoms. The minimum absolute atomic E-state index is 0.0915. The van der Waals surface area contributed by atoms with Gasteiger partial charge in [-0.1, -0.05) is 42.8 Å². The average molecular weight is 567 g/mol. The summed E-state index contributed by atoms with van der Waals surface area (Å²) < 4.78 is 42.1. The minimum Gasteiger partial charge on any atom is -0.369 e. The van der Waals surface area contributed by atoms with Crippen molar-refractivity contribution in [1.82, 2.24) is 14.8 Å². The number of nitrogens with zero attached hydrogens (tertiary/aromatic N) is 4. The molecule has 7 nitrogen and oxygen atoms in total. The topological polar surface area (TPSA) is 77.0 Å². The maximum absolute atomic E-state index is 14.0. The van der Waals surface area contributed by atoms with E-state index in [0.717, 1.165) is 43.3 Å². The second-order valence-electron chi connectivity index (χ2n) is 10.7. The Morgan fingerprint density at radius 1 is 1.10 bits per heavy atom. The standard InChI is InChI=1S/C28H34ClF3N4O3/c1-4-18-6-5-7-21(15-18)27(39,28(30,31)32)26(38)36-16-20(17-36)14-19-10-12-35(13-11-19)23-9-8-22(24(29)33-23)25(37)34(2)3/h5-9,15,19-20,39H,4,10-14,16-17H2,1-3H3. The molecule has 1 unspecified atom stereocenters. The van der Waals surface area contributed by atoms with Crippen molar-refractivity contribution in [2.24, 2.45) is 11.8 Å². The Kier molecular flexibility index (Phi) is 8.47. The van der Waals surface area contributed by atoms with Crippen molar-refractivity contribution in [2.45, 2.75) is 44.4 Å². The summed E-state index contributed by atoms with van der Waals surface area (Å²) in [6, 6.07) is 8.99. The zero-order chi connectivity index (χ0) is 28.5. The van der Waals surface area contributed by atoms with Gasteiger partial charge in [-0.05, 0) is 55.2 Å². The summed E-state index contributed by atoms with van der Waals surface area (Å²) in [5, 5.41) is 10.9. The largest absolute Gasteiger partial charge is 0.430 e. The summed E-state index contributed by atoms with van der Waals surface area (Å²) in [7, 11) is 3.30. The number of carbonyl (C=O) groups excluding carboxylic acids is 2. The molecule has 1 atom stereocenters. The van der Waals surface area contributed by atoms with E-state index in [4.69, 9.17) is 11.6 Å². The molecule has 0 bridgehead atoms. The number of benzene rings is 1. The van der Waals surface area contributed by atoms with E-state index in [1.807, 2.05) is 0 Å². The molecule has 4 rings (SSSR count). The van der Waals surface area contributed by atoms with E-state index in [1.54, 1.807) is 39.2 Å². The second-order valence-corrected chi connectivity index (χ2v) is 11.1. The number of rotatable bonds is 7. The Labute approximate surface area is 231 Å². The highest BCUT2D eigenvalue weighted by atomic mass is 35.5. The summed E-state index contributed by atoms with van der Waals surface area (Å²) in [4.78, 5) is 34.2. The van der Waals surface area contributed by atoms with Crippen LogP contribution >= 0.6 is 11.6 Å². The Morgan fingerprint density at radius 3 is 2.33 bits per heavy atom. The van der Waals surface area contributed by atoms with Crippen LogP contribution in [0.1, 0.15) is 47.7 Å². The lowest BCUT2D eigenvalue weighted by atomic mass is 9.82. The van der Waals surface area contributed by atoms with Gasteiger partial charge in [-0.15, -0.1) is 0 Å². The summed E-state index contributed by atoms with van der Waals surface area (Å²) in [6.07, 6.45) is -2.09. The Balaban J connectivity index is 1.32. The average Bonchev–Trinajstić information content (AvgIpc) is 2.88. The molecular formula is C28H34ClF3N4O3. The molecule has 1 N–H and O–H groups in total. The number of halogens is 4. The van der Waals surface area contributed by atoms with Crippen molar-refractivity contribution in [3.05, 3.63) is 58.2 Å². The van der Waals surface area contributed by atoms with Crippen LogP contribution in [0.4, 0.5) is 19.0 Å². The molecule has 0 radical (unpaired) electrons. The number of anilines is 1. The first-order valence-corrected chi connectivity index (χ1v) is 13.5. The van der Waals surface area contributed by atoms with E-state index in [0.29, 0.717) is 29.3 Å². The molecule has 0 saturated carbocycles. The SMILES string of the molecule is CCc1cccc(C(O)(C(=O)N2CC(CC3CCN(c4ccc(C(=O)N(C)C)c(Cl)n4)CC3)C2)C(F)(F)F)c1. The Hall–Kier alpha value is -2.85. The summed E-state index contributed by atoms with van der Waals surface area (Å²) in [6.45, 7) is 3.68. The number of hydrogen-bond donors (Lipinski definition) is 1. The first-order valence-electron chi connectivity index (χ1n) is 13.2. The molecule has 2 saturated heterocycles. The summed E-state index contributed by atoms with van der Waals surface area (Å²) in [5.41, 5.74) is -3.04. The number of amides is 2. The van der Waals surface area contributed by atoms with Crippen molar-refractivity contribution in [3.8, 4) is 0 Å². The number of likely N-dealkylation sites (tertiary alicyclic amines) is 1. The third kappa shape index (κ3) is 5.87. The fourth-order valence-electron chi connectivity index (χ4n) is 5.41. The van der Waals surface area contributed by atoms with Crippen LogP contribution in [0.15, 0.2) is 36.4 Å². The van der Waals surface area contributed by atoms with Gasteiger partial charge >= 0.3 is 6.18 Å². The number of pyridine rings is 1. The van der Waals surface area contributed by atoms with Gasteiger partial charge in [-0.25, -0.2) is 4.98 Å². The highest BCUT2D eigenvalue weighted by Gasteiger charge is 2.63. The molecule has 2 aliphatic rings. The molecule has 1 aromatic carbocycles. The molecule has 3 heterocycles. The molecular weight excluding hydrogens is 533 g/mol. The van der Waals surface area contributed by atoms with E-state index in [2.05, 4.69) is 9.88 Å². The number of piperidine rings is 1. The fraction of sp³-hybridized carbons (Fsp3) is 0.536. The van der Waals surface area contributed by atoms with Crippen LogP contribution in [0.2, 0.25) is 5.15 Å². The Bertz CT molecular complexity index is 1210. The van der Waals surface area contributed by atoms with E-state index in [-0.39, 0.29) is 30.1 Å². The first-order chi connectivity index (χ1) is 18.3. The molecule has 11 heteroatoms. The first kappa shape index (κ1) is 29.1. The quantitative estimate of drug-likeness (QED) is 0.499. The van der Waals surface area contributed by atoms with Crippen LogP contribution in [0.5, 0.6) is 0 Å². The number of aromatic nitrogens is 1. The van der Waals surface area contributed by atoms with Crippen LogP contribution in [0, 0.1) is 11.8 Å². The van der Waals surface area contributed by atoms with Gasteiger partial charge in [0.1, 0.15) is 11.0 Å². The molecule has 2 amide bonds. The summed E-state index contributed by atoms with van der Waals surface area (Å²) in [5.74, 6) is -0.361. The minimum atomic E-state index is -5.14. The van der Waals surface area contributed by atoms with Gasteiger partial charge in [0, 0.05) is 45.8 Å². The fourth-order valence-corrected chi connectivity index (χ4v) is 5.64. The van der Waals surface area contributed by atoms with Gasteiger partial charge in [0.15, 0.2) is 0 Å². The number of carbonyl (C=O) groups is 2. The smallest absolute Gasteiger partial charge is 0.369 e. The van der Waals surface area contributed by atoms with E-state index in [9.17, 15) is 27.9 Å². The van der Waals surface area contributed by atoms with E-state index >= 15 is 0 Å². The highest BCUT2D eigenvalue weighted by molar-refractivity contribution is 6.32. The molecule has 2 aromatic rings. The predicted molar refractivity (Wildman–Crippen MR) is 143 cm³/mol. The normalized spacial score (nSPS) is 18.5. The van der Waals surface area contributed by atoms with Crippen LogP contribution in [0.3, 0.4) is 0 Å². The zero-order valence-electron chi connectivity index (χ0n) is 22.3. The van der Waals surface area contributed by atoms with Crippen molar-refractivity contribution in [1.29, 1.82) is 0 Å². The molecule has 2 fully saturated rings. The van der Waals surface area contributed by atoms with Crippen LogP contribution in [0.25, 0.3) is 0 Å². The summed E-state index contributed by atoms with van der Waals surface area (Å²) >= 11 is 6.26. The third-order valence-corrected chi connectivity index (χ3v) is 8.08. The number of hydrogen-bond acceptors (Lipinski definition) is 5. The molecule has 0 aliphatic carbocycles. The van der Waals surface area contributed by atoms with Gasteiger partial charge in [0.2, 0.25) is 0 Å². The predicted octanol–water partition coefficient (Wildman–Crippen LogP) is 4.51. The van der Waals surface area contributed by atoms with Crippen molar-refractivity contribution < 1.29 is 27.9 Å². The zero-order valence-corrected chi connectivity index (χ0v) is 23.1. The van der Waals surface area contributed by atoms with Gasteiger partial charge in [0.05, 0.1) is 5.56 Å². The van der Waals surface area contributed by atoms with Gasteiger partial charge < -0.3 is 19.8 Å². The van der Waals surface area contributed by atoms with Crippen LogP contribution in [-0.4, -0.2) is 78.2 Å². The van der Waals surface area contributed by atoms with Gasteiger partial charge in [0.25, 0.3) is 17.4 Å². The maximum Gasteiger partial charge on any atom is 0.430 e. The van der Waals surface area contributed by atoms with Crippen molar-refractivity contribution >= 4 is 29.2 Å². The molecule has 1 aromatic heterocycles. The number of aliphatic hydroxyl groups is 1. The number of alkyl halides is 3. The highest BCUT2D eigenvalue weighted by Crippen LogP contribution is 2.42. The lowest BCUT2D eigenvalue weighted by Crippen LogP contribution is -2.61.